The molecule has 5 nitrogen and oxygen atoms in total. The third-order valence-corrected chi connectivity index (χ3v) is 5.18. The van der Waals surface area contributed by atoms with Gasteiger partial charge in [-0.15, -0.1) is 10.2 Å². The molecule has 1 aromatic heterocycles. The Kier molecular flexibility index (Phi) is 5.16. The van der Waals surface area contributed by atoms with Gasteiger partial charge in [0.05, 0.1) is 13.3 Å². The van der Waals surface area contributed by atoms with Gasteiger partial charge in [-0.05, 0) is 22.4 Å². The molecule has 0 fully saturated rings. The molecule has 1 heterocycles. The predicted octanol–water partition coefficient (Wildman–Crippen LogP) is 4.61. The third-order valence-electron chi connectivity index (χ3n) is 4.17. The molecule has 0 aliphatic heterocycles. The van der Waals surface area contributed by atoms with E-state index in [0.717, 1.165) is 33.0 Å². The molecule has 4 rings (SSSR count). The number of nitrogens with zero attached hydrogens (tertiary/aromatic N) is 4. The second kappa shape index (κ2) is 8.05. The predicted molar refractivity (Wildman–Crippen MR) is 110 cm³/mol. The number of rotatable bonds is 6. The van der Waals surface area contributed by atoms with Crippen molar-refractivity contribution in [3.63, 3.8) is 0 Å². The van der Waals surface area contributed by atoms with Crippen molar-refractivity contribution in [2.24, 2.45) is 5.10 Å². The maximum atomic E-state index is 5.52. The van der Waals surface area contributed by atoms with E-state index in [9.17, 15) is 0 Å². The molecule has 0 N–H and O–H groups in total. The summed E-state index contributed by atoms with van der Waals surface area (Å²) in [5, 5.41) is 15.7. The van der Waals surface area contributed by atoms with Crippen LogP contribution in [0.1, 0.15) is 11.1 Å². The summed E-state index contributed by atoms with van der Waals surface area (Å²) in [5.41, 5.74) is 2.17. The highest BCUT2D eigenvalue weighted by molar-refractivity contribution is 7.98. The molecule has 0 aliphatic carbocycles. The Bertz CT molecular complexity index is 1080. The largest absolute Gasteiger partial charge is 0.496 e. The summed E-state index contributed by atoms with van der Waals surface area (Å²) in [6.45, 7) is 0. The lowest BCUT2D eigenvalue weighted by atomic mass is 10.0. The quantitative estimate of drug-likeness (QED) is 0.365. The van der Waals surface area contributed by atoms with Gasteiger partial charge in [0.1, 0.15) is 12.1 Å². The Hall–Kier alpha value is -3.12. The number of hydrogen-bond donors (Lipinski definition) is 0. The van der Waals surface area contributed by atoms with E-state index < -0.39 is 0 Å². The molecule has 0 saturated carbocycles. The van der Waals surface area contributed by atoms with Gasteiger partial charge >= 0.3 is 0 Å². The number of fused-ring (bicyclic) bond motifs is 1. The van der Waals surface area contributed by atoms with Crippen LogP contribution in [0.2, 0.25) is 0 Å². The van der Waals surface area contributed by atoms with Crippen molar-refractivity contribution in [2.45, 2.75) is 10.9 Å². The van der Waals surface area contributed by atoms with E-state index >= 15 is 0 Å². The molecular formula is C21H18N4OS. The van der Waals surface area contributed by atoms with Gasteiger partial charge < -0.3 is 4.74 Å². The van der Waals surface area contributed by atoms with Crippen LogP contribution >= 0.6 is 11.8 Å². The molecule has 134 valence electrons. The average molecular weight is 374 g/mol. The zero-order chi connectivity index (χ0) is 18.5. The standard InChI is InChI=1S/C21H18N4OS/c1-26-20-12-11-17-9-5-6-10-18(17)19(20)13-23-25-15-22-24-21(25)27-14-16-7-3-2-4-8-16/h2-13,15H,14H2,1H3/b23-13+. The maximum Gasteiger partial charge on any atom is 0.212 e. The summed E-state index contributed by atoms with van der Waals surface area (Å²) in [6.07, 6.45) is 3.42. The molecule has 3 aromatic carbocycles. The first-order valence-electron chi connectivity index (χ1n) is 8.52. The zero-order valence-corrected chi connectivity index (χ0v) is 15.6. The summed E-state index contributed by atoms with van der Waals surface area (Å²) in [6, 6.07) is 22.5. The van der Waals surface area contributed by atoms with Crippen molar-refractivity contribution >= 4 is 28.7 Å². The van der Waals surface area contributed by atoms with Crippen molar-refractivity contribution in [1.82, 2.24) is 14.9 Å². The smallest absolute Gasteiger partial charge is 0.212 e. The Morgan fingerprint density at radius 1 is 1.04 bits per heavy atom. The Balaban J connectivity index is 1.61. The Morgan fingerprint density at radius 3 is 2.70 bits per heavy atom. The molecule has 27 heavy (non-hydrogen) atoms. The Labute approximate surface area is 161 Å². The summed E-state index contributed by atoms with van der Waals surface area (Å²) in [4.78, 5) is 0. The van der Waals surface area contributed by atoms with Gasteiger partial charge in [-0.2, -0.15) is 9.78 Å². The Morgan fingerprint density at radius 2 is 1.85 bits per heavy atom. The van der Waals surface area contributed by atoms with Crippen LogP contribution in [0.4, 0.5) is 0 Å². The van der Waals surface area contributed by atoms with Crippen molar-refractivity contribution in [3.8, 4) is 5.75 Å². The monoisotopic (exact) mass is 374 g/mol. The van der Waals surface area contributed by atoms with E-state index in [0.29, 0.717) is 0 Å². The van der Waals surface area contributed by atoms with Gasteiger partial charge in [0.2, 0.25) is 5.16 Å². The molecule has 0 aliphatic rings. The first kappa shape index (κ1) is 17.3. The van der Waals surface area contributed by atoms with E-state index in [1.807, 2.05) is 42.5 Å². The van der Waals surface area contributed by atoms with E-state index in [-0.39, 0.29) is 0 Å². The van der Waals surface area contributed by atoms with Crippen LogP contribution in [-0.2, 0) is 5.75 Å². The molecule has 0 saturated heterocycles. The lowest BCUT2D eigenvalue weighted by Gasteiger charge is -2.08. The minimum Gasteiger partial charge on any atom is -0.496 e. The minimum absolute atomic E-state index is 0.745. The van der Waals surface area contributed by atoms with E-state index in [4.69, 9.17) is 4.74 Å². The SMILES string of the molecule is COc1ccc2ccccc2c1/C=N/n1cnnc1SCc1ccccc1. The molecule has 0 radical (unpaired) electrons. The van der Waals surface area contributed by atoms with Gasteiger partial charge in [0.15, 0.2) is 0 Å². The lowest BCUT2D eigenvalue weighted by Crippen LogP contribution is -1.96. The molecule has 0 amide bonds. The van der Waals surface area contributed by atoms with Crippen molar-refractivity contribution in [1.29, 1.82) is 0 Å². The van der Waals surface area contributed by atoms with E-state index in [1.54, 1.807) is 36.1 Å². The molecule has 4 aromatic rings. The number of ether oxygens (including phenoxy) is 1. The van der Waals surface area contributed by atoms with Crippen LogP contribution in [0.25, 0.3) is 10.8 Å². The zero-order valence-electron chi connectivity index (χ0n) is 14.8. The molecule has 6 heteroatoms. The highest BCUT2D eigenvalue weighted by Crippen LogP contribution is 2.27. The topological polar surface area (TPSA) is 52.3 Å². The number of hydrogen-bond acceptors (Lipinski definition) is 5. The number of aromatic nitrogens is 3. The normalized spacial score (nSPS) is 11.3. The van der Waals surface area contributed by atoms with Crippen molar-refractivity contribution < 1.29 is 4.74 Å². The van der Waals surface area contributed by atoms with Crippen LogP contribution in [0.5, 0.6) is 5.75 Å². The van der Waals surface area contributed by atoms with Crippen LogP contribution in [0.3, 0.4) is 0 Å². The molecular weight excluding hydrogens is 356 g/mol. The second-order valence-electron chi connectivity index (χ2n) is 5.88. The summed E-state index contributed by atoms with van der Waals surface area (Å²) in [7, 11) is 1.67. The highest BCUT2D eigenvalue weighted by Gasteiger charge is 2.08. The lowest BCUT2D eigenvalue weighted by molar-refractivity contribution is 0.415. The fraction of sp³-hybridized carbons (Fsp3) is 0.0952. The van der Waals surface area contributed by atoms with Gasteiger partial charge in [0, 0.05) is 11.3 Å². The number of thioether (sulfide) groups is 1. The fourth-order valence-electron chi connectivity index (χ4n) is 2.82. The minimum atomic E-state index is 0.745. The molecule has 0 unspecified atom stereocenters. The summed E-state index contributed by atoms with van der Waals surface area (Å²) >= 11 is 1.60. The molecule has 0 spiro atoms. The van der Waals surface area contributed by atoms with Crippen LogP contribution in [-0.4, -0.2) is 28.2 Å². The second-order valence-corrected chi connectivity index (χ2v) is 6.82. The third kappa shape index (κ3) is 3.85. The fourth-order valence-corrected chi connectivity index (χ4v) is 3.64. The number of methoxy groups -OCH3 is 1. The van der Waals surface area contributed by atoms with Gasteiger partial charge in [-0.3, -0.25) is 0 Å². The van der Waals surface area contributed by atoms with Crippen LogP contribution in [0, 0.1) is 0 Å². The van der Waals surface area contributed by atoms with Crippen LogP contribution < -0.4 is 4.74 Å². The summed E-state index contributed by atoms with van der Waals surface area (Å²) < 4.78 is 7.21. The first-order valence-corrected chi connectivity index (χ1v) is 9.50. The van der Waals surface area contributed by atoms with Gasteiger partial charge in [-0.25, -0.2) is 0 Å². The first-order chi connectivity index (χ1) is 13.3. The molecule has 0 bridgehead atoms. The summed E-state index contributed by atoms with van der Waals surface area (Å²) in [5.74, 6) is 1.59. The highest BCUT2D eigenvalue weighted by atomic mass is 32.2. The van der Waals surface area contributed by atoms with E-state index in [1.165, 1.54) is 5.56 Å². The van der Waals surface area contributed by atoms with Crippen molar-refractivity contribution in [2.75, 3.05) is 7.11 Å². The van der Waals surface area contributed by atoms with Gasteiger partial charge in [-0.1, -0.05) is 72.4 Å². The maximum absolute atomic E-state index is 5.52. The van der Waals surface area contributed by atoms with Crippen molar-refractivity contribution in [3.05, 3.63) is 84.2 Å². The number of benzene rings is 3. The van der Waals surface area contributed by atoms with Gasteiger partial charge in [0.25, 0.3) is 0 Å². The average Bonchev–Trinajstić information content (AvgIpc) is 3.18. The molecule has 0 atom stereocenters. The van der Waals surface area contributed by atoms with Crippen LogP contribution in [0.15, 0.2) is 83.3 Å². The van der Waals surface area contributed by atoms with E-state index in [2.05, 4.69) is 39.6 Å².